The number of benzene rings is 3. The molecule has 3 aromatic carbocycles. The molecule has 1 saturated heterocycles. The van der Waals surface area contributed by atoms with E-state index in [1.165, 1.54) is 0 Å². The number of nitrogens with zero attached hydrogens (tertiary/aromatic N) is 2. The first kappa shape index (κ1) is 27.4. The molecule has 3 amide bonds. The van der Waals surface area contributed by atoms with E-state index < -0.39 is 6.03 Å². The van der Waals surface area contributed by atoms with Gasteiger partial charge in [0.25, 0.3) is 5.91 Å². The van der Waals surface area contributed by atoms with Crippen molar-refractivity contribution < 1.29 is 14.3 Å². The lowest BCUT2D eigenvalue weighted by atomic mass is 10.1. The fraction of sp³-hybridized carbons (Fsp3) is 0.286. The molecule has 8 nitrogen and oxygen atoms in total. The molecule has 4 rings (SSSR count). The van der Waals surface area contributed by atoms with E-state index in [9.17, 15) is 9.59 Å². The molecule has 0 aromatic heterocycles. The number of hydrogen-bond acceptors (Lipinski definition) is 5. The molecule has 3 N–H and O–H groups in total. The molecule has 0 spiro atoms. The van der Waals surface area contributed by atoms with Crippen LogP contribution >= 0.6 is 23.2 Å². The fourth-order valence-electron chi connectivity index (χ4n) is 4.37. The number of carbonyl (C=O) groups excluding carboxylic acids is 2. The Morgan fingerprint density at radius 3 is 2.21 bits per heavy atom. The van der Waals surface area contributed by atoms with Gasteiger partial charge in [0.2, 0.25) is 0 Å². The predicted octanol–water partition coefficient (Wildman–Crippen LogP) is 6.11. The van der Waals surface area contributed by atoms with Gasteiger partial charge in [-0.25, -0.2) is 4.79 Å². The number of amides is 3. The van der Waals surface area contributed by atoms with Crippen LogP contribution in [-0.2, 0) is 0 Å². The van der Waals surface area contributed by atoms with Crippen molar-refractivity contribution in [1.29, 1.82) is 0 Å². The number of anilines is 4. The summed E-state index contributed by atoms with van der Waals surface area (Å²) in [5.74, 6) is 0.638. The van der Waals surface area contributed by atoms with E-state index in [2.05, 4.69) is 31.8 Å². The van der Waals surface area contributed by atoms with Crippen LogP contribution in [0.5, 0.6) is 5.75 Å². The number of rotatable bonds is 7. The standard InChI is InChI=1S/C28H31Cl2N5O3/c1-18(2)31-27(36)21-17-20(32-28(37)33-23-10-8-19(29)16-22(23)30)9-11-24(21)34-12-14-35(15-13-34)25-6-4-5-7-26(25)38-3/h4-11,16-18H,12-15H2,1-3H3,(H,31,36)(H2,32,33,37). The molecule has 3 aromatic rings. The number of piperazine rings is 1. The second-order valence-corrected chi connectivity index (χ2v) is 10.1. The first-order chi connectivity index (χ1) is 18.2. The maximum absolute atomic E-state index is 13.2. The minimum absolute atomic E-state index is 0.0373. The molecule has 10 heteroatoms. The predicted molar refractivity (Wildman–Crippen MR) is 156 cm³/mol. The van der Waals surface area contributed by atoms with E-state index in [1.807, 2.05) is 38.1 Å². The van der Waals surface area contributed by atoms with Gasteiger partial charge in [-0.15, -0.1) is 0 Å². The quantitative estimate of drug-likeness (QED) is 0.327. The van der Waals surface area contributed by atoms with Crippen LogP contribution in [0, 0.1) is 0 Å². The Morgan fingerprint density at radius 1 is 0.868 bits per heavy atom. The van der Waals surface area contributed by atoms with Crippen LogP contribution in [0.2, 0.25) is 10.0 Å². The third-order valence-electron chi connectivity index (χ3n) is 6.14. The Balaban J connectivity index is 1.51. The minimum atomic E-state index is -0.484. The van der Waals surface area contributed by atoms with Gasteiger partial charge in [0.15, 0.2) is 0 Å². The van der Waals surface area contributed by atoms with Crippen molar-refractivity contribution in [2.45, 2.75) is 19.9 Å². The number of hydrogen-bond donors (Lipinski definition) is 3. The van der Waals surface area contributed by atoms with Gasteiger partial charge in [0, 0.05) is 48.6 Å². The van der Waals surface area contributed by atoms with Crippen LogP contribution in [0.4, 0.5) is 27.5 Å². The molecule has 38 heavy (non-hydrogen) atoms. The molecule has 0 saturated carbocycles. The highest BCUT2D eigenvalue weighted by Gasteiger charge is 2.24. The van der Waals surface area contributed by atoms with Crippen LogP contribution in [0.15, 0.2) is 60.7 Å². The summed E-state index contributed by atoms with van der Waals surface area (Å²) >= 11 is 12.1. The van der Waals surface area contributed by atoms with E-state index in [0.717, 1.165) is 43.3 Å². The Bertz CT molecular complexity index is 1310. The average Bonchev–Trinajstić information content (AvgIpc) is 2.90. The number of nitrogens with one attached hydrogen (secondary N) is 3. The SMILES string of the molecule is COc1ccccc1N1CCN(c2ccc(NC(=O)Nc3ccc(Cl)cc3Cl)cc2C(=O)NC(C)C)CC1. The molecule has 1 fully saturated rings. The lowest BCUT2D eigenvalue weighted by Gasteiger charge is -2.38. The van der Waals surface area contributed by atoms with Crippen molar-refractivity contribution in [3.63, 3.8) is 0 Å². The molecule has 0 atom stereocenters. The van der Waals surface area contributed by atoms with E-state index in [4.69, 9.17) is 27.9 Å². The molecular weight excluding hydrogens is 525 g/mol. The average molecular weight is 556 g/mol. The number of para-hydroxylation sites is 2. The van der Waals surface area contributed by atoms with Crippen molar-refractivity contribution in [2.24, 2.45) is 0 Å². The Kier molecular flexibility index (Phi) is 8.86. The van der Waals surface area contributed by atoms with E-state index in [-0.39, 0.29) is 11.9 Å². The zero-order valence-corrected chi connectivity index (χ0v) is 23.1. The van der Waals surface area contributed by atoms with Gasteiger partial charge >= 0.3 is 6.03 Å². The van der Waals surface area contributed by atoms with Crippen molar-refractivity contribution in [3.05, 3.63) is 76.3 Å². The van der Waals surface area contributed by atoms with Gasteiger partial charge in [0.05, 0.1) is 29.1 Å². The van der Waals surface area contributed by atoms with Gasteiger partial charge in [0.1, 0.15) is 5.75 Å². The third-order valence-corrected chi connectivity index (χ3v) is 6.69. The third kappa shape index (κ3) is 6.62. The van der Waals surface area contributed by atoms with Crippen LogP contribution in [0.3, 0.4) is 0 Å². The summed E-state index contributed by atoms with van der Waals surface area (Å²) in [5, 5.41) is 9.27. The highest BCUT2D eigenvalue weighted by molar-refractivity contribution is 6.36. The van der Waals surface area contributed by atoms with Gasteiger partial charge in [-0.1, -0.05) is 35.3 Å². The number of carbonyl (C=O) groups is 2. The summed E-state index contributed by atoms with van der Waals surface area (Å²) in [6.07, 6.45) is 0. The molecule has 1 aliphatic rings. The second-order valence-electron chi connectivity index (χ2n) is 9.21. The summed E-state index contributed by atoms with van der Waals surface area (Å²) in [6.45, 7) is 6.82. The number of halogens is 2. The highest BCUT2D eigenvalue weighted by Crippen LogP contribution is 2.31. The summed E-state index contributed by atoms with van der Waals surface area (Å²) in [5.41, 5.74) is 3.27. The molecule has 1 aliphatic heterocycles. The monoisotopic (exact) mass is 555 g/mol. The topological polar surface area (TPSA) is 85.9 Å². The normalized spacial score (nSPS) is 13.3. The Labute approximate surface area is 232 Å². The Hall–Kier alpha value is -3.62. The molecule has 1 heterocycles. The minimum Gasteiger partial charge on any atom is -0.495 e. The largest absolute Gasteiger partial charge is 0.495 e. The van der Waals surface area contributed by atoms with Crippen molar-refractivity contribution in [3.8, 4) is 5.75 Å². The van der Waals surface area contributed by atoms with Crippen LogP contribution in [0.1, 0.15) is 24.2 Å². The van der Waals surface area contributed by atoms with Gasteiger partial charge < -0.3 is 30.5 Å². The van der Waals surface area contributed by atoms with Gasteiger partial charge in [-0.05, 0) is 62.4 Å². The van der Waals surface area contributed by atoms with E-state index >= 15 is 0 Å². The highest BCUT2D eigenvalue weighted by atomic mass is 35.5. The lowest BCUT2D eigenvalue weighted by Crippen LogP contribution is -2.47. The van der Waals surface area contributed by atoms with E-state index in [0.29, 0.717) is 27.0 Å². The summed E-state index contributed by atoms with van der Waals surface area (Å²) in [6, 6.07) is 17.6. The van der Waals surface area contributed by atoms with Crippen molar-refractivity contribution >= 4 is 57.9 Å². The number of urea groups is 1. The summed E-state index contributed by atoms with van der Waals surface area (Å²) in [7, 11) is 1.68. The second kappa shape index (κ2) is 12.3. The first-order valence-electron chi connectivity index (χ1n) is 12.4. The summed E-state index contributed by atoms with van der Waals surface area (Å²) in [4.78, 5) is 30.3. The van der Waals surface area contributed by atoms with Crippen LogP contribution in [0.25, 0.3) is 0 Å². The fourth-order valence-corrected chi connectivity index (χ4v) is 4.82. The zero-order valence-electron chi connectivity index (χ0n) is 21.6. The zero-order chi connectivity index (χ0) is 27.2. The van der Waals surface area contributed by atoms with Crippen molar-refractivity contribution in [1.82, 2.24) is 5.32 Å². The number of ether oxygens (including phenoxy) is 1. The molecule has 0 bridgehead atoms. The van der Waals surface area contributed by atoms with Gasteiger partial charge in [-0.2, -0.15) is 0 Å². The summed E-state index contributed by atoms with van der Waals surface area (Å²) < 4.78 is 5.53. The van der Waals surface area contributed by atoms with Gasteiger partial charge in [-0.3, -0.25) is 4.79 Å². The Morgan fingerprint density at radius 2 is 1.55 bits per heavy atom. The first-order valence-corrected chi connectivity index (χ1v) is 13.1. The molecule has 200 valence electrons. The van der Waals surface area contributed by atoms with Crippen molar-refractivity contribution in [2.75, 3.05) is 53.7 Å². The maximum Gasteiger partial charge on any atom is 0.323 e. The molecule has 0 unspecified atom stereocenters. The maximum atomic E-state index is 13.2. The van der Waals surface area contributed by atoms with Crippen LogP contribution < -0.4 is 30.5 Å². The molecule has 0 aliphatic carbocycles. The van der Waals surface area contributed by atoms with E-state index in [1.54, 1.807) is 37.4 Å². The smallest absolute Gasteiger partial charge is 0.323 e. The lowest BCUT2D eigenvalue weighted by molar-refractivity contribution is 0.0943. The molecular formula is C28H31Cl2N5O3. The number of methoxy groups -OCH3 is 1. The van der Waals surface area contributed by atoms with Crippen LogP contribution in [-0.4, -0.2) is 51.3 Å². The molecule has 0 radical (unpaired) electrons.